The minimum Gasteiger partial charge on any atom is -0.374 e. The molecule has 202 valence electrons. The second-order valence-electron chi connectivity index (χ2n) is 11.5. The fraction of sp³-hybridized carbons (Fsp3) is 0.500. The van der Waals surface area contributed by atoms with Gasteiger partial charge in [0, 0.05) is 54.6 Å². The topological polar surface area (TPSA) is 40.0 Å². The van der Waals surface area contributed by atoms with Gasteiger partial charge in [0.05, 0.1) is 0 Å². The largest absolute Gasteiger partial charge is 0.374 e. The van der Waals surface area contributed by atoms with E-state index < -0.39 is 5.83 Å². The van der Waals surface area contributed by atoms with E-state index in [2.05, 4.69) is 17.1 Å². The van der Waals surface area contributed by atoms with E-state index in [9.17, 15) is 4.39 Å². The van der Waals surface area contributed by atoms with Crippen LogP contribution in [0.3, 0.4) is 0 Å². The summed E-state index contributed by atoms with van der Waals surface area (Å²) in [6.45, 7) is 11.6. The average Bonchev–Trinajstić information content (AvgIpc) is 3.20. The minimum atomic E-state index is -0.418. The number of aliphatic imine (C=N–C) groups is 2. The van der Waals surface area contributed by atoms with E-state index in [1.54, 1.807) is 12.3 Å². The van der Waals surface area contributed by atoms with Gasteiger partial charge in [0.15, 0.2) is 5.83 Å². The molecule has 38 heavy (non-hydrogen) atoms. The first kappa shape index (κ1) is 26.7. The summed E-state index contributed by atoms with van der Waals surface area (Å²) in [5.41, 5.74) is 4.91. The minimum absolute atomic E-state index is 0.246. The van der Waals surface area contributed by atoms with E-state index in [1.165, 1.54) is 25.3 Å². The summed E-state index contributed by atoms with van der Waals surface area (Å²) in [5, 5.41) is 5.04. The molecule has 4 nitrogen and oxygen atoms in total. The molecule has 2 aromatic rings. The van der Waals surface area contributed by atoms with Crippen molar-refractivity contribution in [3.63, 3.8) is 0 Å². The lowest BCUT2D eigenvalue weighted by Gasteiger charge is -2.42. The van der Waals surface area contributed by atoms with Gasteiger partial charge < -0.3 is 10.2 Å². The molecule has 2 aromatic carbocycles. The third-order valence-electron chi connectivity index (χ3n) is 8.63. The van der Waals surface area contributed by atoms with Crippen LogP contribution >= 0.6 is 0 Å². The molecular formula is C32H40F2N4. The third-order valence-corrected chi connectivity index (χ3v) is 8.63. The molecule has 2 aliphatic heterocycles. The van der Waals surface area contributed by atoms with Gasteiger partial charge in [-0.25, -0.2) is 8.78 Å². The Morgan fingerprint density at radius 2 is 2.05 bits per heavy atom. The van der Waals surface area contributed by atoms with Crippen LogP contribution in [-0.2, 0) is 6.42 Å². The van der Waals surface area contributed by atoms with E-state index in [-0.39, 0.29) is 16.9 Å². The van der Waals surface area contributed by atoms with E-state index >= 15 is 4.39 Å². The van der Waals surface area contributed by atoms with Crippen molar-refractivity contribution in [2.24, 2.45) is 21.3 Å². The number of aryl methyl sites for hydroxylation is 2. The van der Waals surface area contributed by atoms with Crippen LogP contribution in [0, 0.1) is 24.1 Å². The van der Waals surface area contributed by atoms with Crippen molar-refractivity contribution in [2.45, 2.75) is 59.8 Å². The zero-order valence-electron chi connectivity index (χ0n) is 23.4. The van der Waals surface area contributed by atoms with Gasteiger partial charge in [-0.1, -0.05) is 26.0 Å². The first-order valence-electron chi connectivity index (χ1n) is 14.1. The summed E-state index contributed by atoms with van der Waals surface area (Å²) < 4.78 is 31.4. The van der Waals surface area contributed by atoms with Crippen LogP contribution in [0.2, 0.25) is 0 Å². The molecule has 2 atom stereocenters. The molecule has 1 N–H and O–H groups in total. The second-order valence-corrected chi connectivity index (χ2v) is 11.5. The molecule has 2 bridgehead atoms. The van der Waals surface area contributed by atoms with Crippen molar-refractivity contribution in [3.05, 3.63) is 63.9 Å². The molecule has 1 saturated heterocycles. The molecule has 2 heterocycles. The van der Waals surface area contributed by atoms with Crippen LogP contribution in [0.4, 0.5) is 8.78 Å². The summed E-state index contributed by atoms with van der Waals surface area (Å²) in [7, 11) is 2.03. The van der Waals surface area contributed by atoms with Crippen molar-refractivity contribution in [2.75, 3.05) is 33.2 Å². The number of nitrogens with zero attached hydrogens (tertiary/aromatic N) is 3. The number of hydrogen-bond donors (Lipinski definition) is 1. The van der Waals surface area contributed by atoms with Crippen molar-refractivity contribution in [1.29, 1.82) is 0 Å². The Hall–Kier alpha value is -2.86. The fourth-order valence-corrected chi connectivity index (χ4v) is 6.93. The number of likely N-dealkylation sites (tertiary alicyclic amines) is 1. The fourth-order valence-electron chi connectivity index (χ4n) is 6.93. The maximum absolute atomic E-state index is 16.5. The van der Waals surface area contributed by atoms with Gasteiger partial charge in [-0.2, -0.15) is 0 Å². The number of nitrogens with one attached hydrogen (secondary N) is 1. The number of allylic oxidation sites excluding steroid dienone is 3. The quantitative estimate of drug-likeness (QED) is 0.428. The molecule has 0 radical (unpaired) electrons. The molecule has 0 aromatic heterocycles. The lowest BCUT2D eigenvalue weighted by molar-refractivity contribution is 0.125. The van der Waals surface area contributed by atoms with Crippen LogP contribution in [0.5, 0.6) is 0 Å². The standard InChI is InChI=1S/C32H40F2N4/c1-6-12-36-31-26(21(4)38-17-22-10-11-32(15-22,19-38)18-35-5)16-37-30(29(31)34)25-14-20(3)13-23-8-9-27(33)24(7-2)28(23)25/h8-9,13-14,16,22,35H,6-7,10-12,15,17-19H2,1-5H3/b26-21+,36-31?. The number of piperidine rings is 1. The third kappa shape index (κ3) is 4.72. The van der Waals surface area contributed by atoms with E-state index in [0.29, 0.717) is 35.7 Å². The number of hydrogen-bond acceptors (Lipinski definition) is 4. The van der Waals surface area contributed by atoms with Crippen LogP contribution in [0.15, 0.2) is 51.3 Å². The van der Waals surface area contributed by atoms with Gasteiger partial charge in [0.1, 0.15) is 17.2 Å². The Labute approximate surface area is 225 Å². The molecule has 0 amide bonds. The predicted molar refractivity (Wildman–Crippen MR) is 155 cm³/mol. The SMILES string of the molecule is CCCN=C1C(F)=C(c2cc(C)cc3ccc(F)c(CC)c23)N=C/C1=C(/C)N1CC2CCC(CNC)(C2)C1. The lowest BCUT2D eigenvalue weighted by Crippen LogP contribution is -2.46. The van der Waals surface area contributed by atoms with Gasteiger partial charge in [-0.3, -0.25) is 9.98 Å². The van der Waals surface area contributed by atoms with Crippen LogP contribution in [-0.4, -0.2) is 50.1 Å². The maximum atomic E-state index is 16.5. The Bertz CT molecular complexity index is 1370. The molecular weight excluding hydrogens is 478 g/mol. The van der Waals surface area contributed by atoms with Crippen molar-refractivity contribution >= 4 is 28.4 Å². The summed E-state index contributed by atoms with van der Waals surface area (Å²) in [4.78, 5) is 11.9. The first-order valence-corrected chi connectivity index (χ1v) is 14.1. The van der Waals surface area contributed by atoms with E-state index in [0.717, 1.165) is 53.7 Å². The average molecular weight is 519 g/mol. The highest BCUT2D eigenvalue weighted by atomic mass is 19.1. The Kier molecular flexibility index (Phi) is 7.54. The van der Waals surface area contributed by atoms with E-state index in [4.69, 9.17) is 9.98 Å². The molecule has 0 spiro atoms. The Morgan fingerprint density at radius 1 is 1.24 bits per heavy atom. The summed E-state index contributed by atoms with van der Waals surface area (Å²) in [6.07, 6.45) is 6.88. The second kappa shape index (κ2) is 10.7. The highest BCUT2D eigenvalue weighted by Crippen LogP contribution is 2.47. The molecule has 3 aliphatic rings. The van der Waals surface area contributed by atoms with Crippen molar-refractivity contribution in [1.82, 2.24) is 10.2 Å². The Morgan fingerprint density at radius 3 is 2.79 bits per heavy atom. The van der Waals surface area contributed by atoms with Gasteiger partial charge in [-0.15, -0.1) is 0 Å². The van der Waals surface area contributed by atoms with Gasteiger partial charge in [0.2, 0.25) is 0 Å². The summed E-state index contributed by atoms with van der Waals surface area (Å²) >= 11 is 0. The summed E-state index contributed by atoms with van der Waals surface area (Å²) in [5.74, 6) is -0.0166. The number of rotatable bonds is 7. The van der Waals surface area contributed by atoms with Gasteiger partial charge in [0.25, 0.3) is 0 Å². The number of halogens is 2. The summed E-state index contributed by atoms with van der Waals surface area (Å²) in [6, 6.07) is 7.23. The van der Waals surface area contributed by atoms with Crippen LogP contribution in [0.1, 0.15) is 63.1 Å². The van der Waals surface area contributed by atoms with E-state index in [1.807, 2.05) is 40.0 Å². The zero-order chi connectivity index (χ0) is 27.0. The number of benzene rings is 2. The highest BCUT2D eigenvalue weighted by Gasteiger charge is 2.45. The first-order chi connectivity index (χ1) is 18.3. The van der Waals surface area contributed by atoms with Crippen LogP contribution in [0.25, 0.3) is 16.5 Å². The highest BCUT2D eigenvalue weighted by molar-refractivity contribution is 6.29. The van der Waals surface area contributed by atoms with Crippen LogP contribution < -0.4 is 5.32 Å². The van der Waals surface area contributed by atoms with Gasteiger partial charge in [-0.05, 0) is 92.9 Å². The molecule has 2 fully saturated rings. The molecule has 2 unspecified atom stereocenters. The maximum Gasteiger partial charge on any atom is 0.175 e. The molecule has 1 aliphatic carbocycles. The smallest absolute Gasteiger partial charge is 0.175 e. The molecule has 6 heteroatoms. The zero-order valence-corrected chi connectivity index (χ0v) is 23.4. The van der Waals surface area contributed by atoms with Crippen molar-refractivity contribution in [3.8, 4) is 0 Å². The van der Waals surface area contributed by atoms with Crippen molar-refractivity contribution < 1.29 is 8.78 Å². The number of fused-ring (bicyclic) bond motifs is 3. The monoisotopic (exact) mass is 518 g/mol. The Balaban J connectivity index is 1.62. The normalized spacial score (nSPS) is 25.7. The molecule has 1 saturated carbocycles. The van der Waals surface area contributed by atoms with Gasteiger partial charge >= 0.3 is 0 Å². The molecule has 5 rings (SSSR count). The predicted octanol–water partition coefficient (Wildman–Crippen LogP) is 7.02. The lowest BCUT2D eigenvalue weighted by atomic mass is 9.81.